The van der Waals surface area contributed by atoms with Crippen LogP contribution in [0.5, 0.6) is 0 Å². The number of amides is 1. The van der Waals surface area contributed by atoms with Gasteiger partial charge in [-0.2, -0.15) is 0 Å². The van der Waals surface area contributed by atoms with Gasteiger partial charge in [-0.25, -0.2) is 0 Å². The third-order valence-corrected chi connectivity index (χ3v) is 3.48. The molecule has 0 saturated heterocycles. The van der Waals surface area contributed by atoms with Gasteiger partial charge in [0, 0.05) is 6.54 Å². The Morgan fingerprint density at radius 3 is 2.64 bits per heavy atom. The summed E-state index contributed by atoms with van der Waals surface area (Å²) in [5.41, 5.74) is 1.12. The van der Waals surface area contributed by atoms with E-state index in [-0.39, 0.29) is 5.91 Å². The molecule has 0 fully saturated rings. The molecule has 1 heterocycles. The molecule has 0 unspecified atom stereocenters. The van der Waals surface area contributed by atoms with Crippen molar-refractivity contribution in [2.75, 3.05) is 13.1 Å². The molecule has 4 nitrogen and oxygen atoms in total. The summed E-state index contributed by atoms with van der Waals surface area (Å²) in [6, 6.07) is 13.8. The lowest BCUT2D eigenvalue weighted by molar-refractivity contribution is -0.131. The molecule has 0 aliphatic rings. The fourth-order valence-corrected chi connectivity index (χ4v) is 2.24. The first-order chi connectivity index (χ1) is 10.8. The molecule has 2 aromatic rings. The number of rotatable bonds is 9. The largest absolute Gasteiger partial charge is 0.467 e. The Morgan fingerprint density at radius 2 is 1.95 bits per heavy atom. The Morgan fingerprint density at radius 1 is 1.14 bits per heavy atom. The molecule has 1 aromatic heterocycles. The second kappa shape index (κ2) is 9.05. The number of carbonyl (C=O) groups excluding carboxylic acids is 1. The van der Waals surface area contributed by atoms with Gasteiger partial charge in [0.15, 0.2) is 0 Å². The minimum Gasteiger partial charge on any atom is -0.467 e. The van der Waals surface area contributed by atoms with Crippen molar-refractivity contribution < 1.29 is 9.21 Å². The zero-order valence-electron chi connectivity index (χ0n) is 13.1. The Bertz CT molecular complexity index is 537. The van der Waals surface area contributed by atoms with Crippen LogP contribution in [-0.2, 0) is 17.9 Å². The first-order valence-electron chi connectivity index (χ1n) is 7.84. The van der Waals surface area contributed by atoms with Gasteiger partial charge >= 0.3 is 0 Å². The lowest BCUT2D eigenvalue weighted by Gasteiger charge is -2.22. The third kappa shape index (κ3) is 5.37. The molecule has 0 aliphatic carbocycles. The van der Waals surface area contributed by atoms with Crippen LogP contribution in [0.1, 0.15) is 31.1 Å². The van der Waals surface area contributed by atoms with Gasteiger partial charge in [-0.05, 0) is 30.7 Å². The summed E-state index contributed by atoms with van der Waals surface area (Å²) < 4.78 is 5.38. The summed E-state index contributed by atoms with van der Waals surface area (Å²) in [6.45, 7) is 4.48. The summed E-state index contributed by atoms with van der Waals surface area (Å²) in [7, 11) is 0. The molecule has 0 radical (unpaired) electrons. The van der Waals surface area contributed by atoms with E-state index in [0.717, 1.165) is 30.7 Å². The smallest absolute Gasteiger partial charge is 0.237 e. The summed E-state index contributed by atoms with van der Waals surface area (Å²) in [4.78, 5) is 14.3. The van der Waals surface area contributed by atoms with E-state index >= 15 is 0 Å². The van der Waals surface area contributed by atoms with Crippen LogP contribution in [0.2, 0.25) is 0 Å². The average molecular weight is 300 g/mol. The van der Waals surface area contributed by atoms with E-state index in [9.17, 15) is 4.79 Å². The topological polar surface area (TPSA) is 45.5 Å². The van der Waals surface area contributed by atoms with Crippen LogP contribution in [0.4, 0.5) is 0 Å². The lowest BCUT2D eigenvalue weighted by atomic mass is 10.2. The summed E-state index contributed by atoms with van der Waals surface area (Å²) in [5, 5.41) is 3.21. The number of furan rings is 1. The fourth-order valence-electron chi connectivity index (χ4n) is 2.24. The zero-order chi connectivity index (χ0) is 15.6. The van der Waals surface area contributed by atoms with Crippen LogP contribution in [0.15, 0.2) is 53.1 Å². The predicted octanol–water partition coefficient (Wildman–Crippen LogP) is 3.20. The van der Waals surface area contributed by atoms with Crippen LogP contribution >= 0.6 is 0 Å². The van der Waals surface area contributed by atoms with Crippen molar-refractivity contribution >= 4 is 5.91 Å². The van der Waals surface area contributed by atoms with E-state index in [1.807, 2.05) is 47.4 Å². The molecule has 1 N–H and O–H groups in total. The number of nitrogens with one attached hydrogen (secondary N) is 1. The molecule has 0 spiro atoms. The van der Waals surface area contributed by atoms with Gasteiger partial charge in [0.1, 0.15) is 5.76 Å². The van der Waals surface area contributed by atoms with Crippen molar-refractivity contribution in [2.24, 2.45) is 0 Å². The standard InChI is InChI=1S/C18H24N2O2/c1-2-3-11-19-13-18(21)20(15-17-10-7-12-22-17)14-16-8-5-4-6-9-16/h4-10,12,19H,2-3,11,13-15H2,1H3. The maximum Gasteiger partial charge on any atom is 0.237 e. The number of benzene rings is 1. The van der Waals surface area contributed by atoms with Gasteiger partial charge in [-0.3, -0.25) is 4.79 Å². The molecule has 0 atom stereocenters. The highest BCUT2D eigenvalue weighted by Gasteiger charge is 2.15. The molecule has 0 aliphatic heterocycles. The Labute approximate surface area is 132 Å². The Kier molecular flexibility index (Phi) is 6.71. The maximum atomic E-state index is 12.5. The van der Waals surface area contributed by atoms with Crippen molar-refractivity contribution in [3.05, 3.63) is 60.1 Å². The van der Waals surface area contributed by atoms with Gasteiger partial charge < -0.3 is 14.6 Å². The van der Waals surface area contributed by atoms with Crippen molar-refractivity contribution in [1.29, 1.82) is 0 Å². The summed E-state index contributed by atoms with van der Waals surface area (Å²) >= 11 is 0. The van der Waals surface area contributed by atoms with Crippen LogP contribution in [-0.4, -0.2) is 23.9 Å². The normalized spacial score (nSPS) is 10.6. The van der Waals surface area contributed by atoms with Crippen molar-refractivity contribution in [3.8, 4) is 0 Å². The van der Waals surface area contributed by atoms with Gasteiger partial charge in [0.25, 0.3) is 0 Å². The van der Waals surface area contributed by atoms with E-state index < -0.39 is 0 Å². The van der Waals surface area contributed by atoms with Crippen molar-refractivity contribution in [1.82, 2.24) is 10.2 Å². The quantitative estimate of drug-likeness (QED) is 0.723. The number of nitrogens with zero attached hydrogens (tertiary/aromatic N) is 1. The number of carbonyl (C=O) groups is 1. The van der Waals surface area contributed by atoms with Gasteiger partial charge in [0.05, 0.1) is 19.4 Å². The SMILES string of the molecule is CCCCNCC(=O)N(Cc1ccccc1)Cc1ccco1. The van der Waals surface area contributed by atoms with Gasteiger partial charge in [0.2, 0.25) is 5.91 Å². The Balaban J connectivity index is 1.96. The maximum absolute atomic E-state index is 12.5. The molecular weight excluding hydrogens is 276 g/mol. The second-order valence-electron chi connectivity index (χ2n) is 5.35. The van der Waals surface area contributed by atoms with Crippen molar-refractivity contribution in [2.45, 2.75) is 32.9 Å². The minimum atomic E-state index is 0.0938. The average Bonchev–Trinajstić information content (AvgIpc) is 3.05. The fraction of sp³-hybridized carbons (Fsp3) is 0.389. The molecule has 118 valence electrons. The molecule has 0 saturated carbocycles. The van der Waals surface area contributed by atoms with Crippen LogP contribution < -0.4 is 5.32 Å². The van der Waals surface area contributed by atoms with Crippen LogP contribution in [0.3, 0.4) is 0 Å². The third-order valence-electron chi connectivity index (χ3n) is 3.48. The highest BCUT2D eigenvalue weighted by Crippen LogP contribution is 2.10. The number of hydrogen-bond acceptors (Lipinski definition) is 3. The highest BCUT2D eigenvalue weighted by molar-refractivity contribution is 5.78. The molecule has 22 heavy (non-hydrogen) atoms. The predicted molar refractivity (Wildman–Crippen MR) is 87.2 cm³/mol. The highest BCUT2D eigenvalue weighted by atomic mass is 16.3. The molecular formula is C18H24N2O2. The summed E-state index contributed by atoms with van der Waals surface area (Å²) in [6.07, 6.45) is 3.85. The lowest BCUT2D eigenvalue weighted by Crippen LogP contribution is -2.37. The molecule has 1 amide bonds. The van der Waals surface area contributed by atoms with Gasteiger partial charge in [-0.15, -0.1) is 0 Å². The van der Waals surface area contributed by atoms with E-state index in [1.54, 1.807) is 6.26 Å². The van der Waals surface area contributed by atoms with E-state index in [1.165, 1.54) is 0 Å². The molecule has 1 aromatic carbocycles. The van der Waals surface area contributed by atoms with E-state index in [2.05, 4.69) is 12.2 Å². The van der Waals surface area contributed by atoms with E-state index in [4.69, 9.17) is 4.42 Å². The molecule has 0 bridgehead atoms. The Hall–Kier alpha value is -2.07. The van der Waals surface area contributed by atoms with E-state index in [0.29, 0.717) is 19.6 Å². The first kappa shape index (κ1) is 16.3. The van der Waals surface area contributed by atoms with Crippen LogP contribution in [0.25, 0.3) is 0 Å². The van der Waals surface area contributed by atoms with Gasteiger partial charge in [-0.1, -0.05) is 43.7 Å². The second-order valence-corrected chi connectivity index (χ2v) is 5.35. The number of unbranched alkanes of at least 4 members (excludes halogenated alkanes) is 1. The molecule has 4 heteroatoms. The monoisotopic (exact) mass is 300 g/mol. The van der Waals surface area contributed by atoms with Crippen LogP contribution in [0, 0.1) is 0 Å². The molecule has 2 rings (SSSR count). The summed E-state index contributed by atoms with van der Waals surface area (Å²) in [5.74, 6) is 0.897. The zero-order valence-corrected chi connectivity index (χ0v) is 13.1. The minimum absolute atomic E-state index is 0.0938. The van der Waals surface area contributed by atoms with Crippen molar-refractivity contribution in [3.63, 3.8) is 0 Å². The first-order valence-corrected chi connectivity index (χ1v) is 7.84. The number of hydrogen-bond donors (Lipinski definition) is 1.